The number of amides is 3. The van der Waals surface area contributed by atoms with E-state index < -0.39 is 17.7 Å². The maximum absolute atomic E-state index is 12.5. The van der Waals surface area contributed by atoms with Crippen LogP contribution in [0.1, 0.15) is 44.9 Å². The molecule has 4 aromatic heterocycles. The van der Waals surface area contributed by atoms with Gasteiger partial charge in [0, 0.05) is 35.0 Å². The van der Waals surface area contributed by atoms with Crippen molar-refractivity contribution in [1.82, 2.24) is 24.8 Å². The number of nitrogens with zero attached hydrogens (tertiary/aromatic N) is 4. The molecule has 1 fully saturated rings. The number of anilines is 2. The van der Waals surface area contributed by atoms with E-state index in [9.17, 15) is 9.59 Å². The molecule has 13 heteroatoms. The number of rotatable bonds is 9. The first-order chi connectivity index (χ1) is 22.6. The highest BCUT2D eigenvalue weighted by molar-refractivity contribution is 7.23. The standard InChI is InChI=1S/C34H33N7O5S/c1-33(2,3)26-17-27(40-46-26)37-30(42)35-23-11-9-22(10-12-23)24-18-41-25-13-14-28(38-29(25)47-31(41)36-24)45-20-34(15-16-34)39-32(43)44-19-21-7-5-4-6-8-21/h4-14,17-18H,15-16,19-20H2,1-3H3,(H,39,43)(H2,35,37,40,42). The molecule has 6 aromatic rings. The number of thiazole rings is 1. The summed E-state index contributed by atoms with van der Waals surface area (Å²) < 4.78 is 18.7. The largest absolute Gasteiger partial charge is 0.475 e. The Morgan fingerprint density at radius 2 is 1.79 bits per heavy atom. The van der Waals surface area contributed by atoms with Gasteiger partial charge in [-0.1, -0.05) is 79.7 Å². The third kappa shape index (κ3) is 6.89. The van der Waals surface area contributed by atoms with E-state index in [1.807, 2.05) is 98.1 Å². The maximum atomic E-state index is 12.5. The number of pyridine rings is 1. The minimum absolute atomic E-state index is 0.207. The molecule has 240 valence electrons. The summed E-state index contributed by atoms with van der Waals surface area (Å²) in [5, 5.41) is 12.4. The number of carbonyl (C=O) groups is 2. The quantitative estimate of drug-likeness (QED) is 0.147. The summed E-state index contributed by atoms with van der Waals surface area (Å²) in [5.74, 6) is 1.52. The van der Waals surface area contributed by atoms with Crippen LogP contribution >= 0.6 is 11.3 Å². The van der Waals surface area contributed by atoms with Gasteiger partial charge in [0.2, 0.25) is 5.88 Å². The molecule has 1 aliphatic carbocycles. The number of urea groups is 1. The summed E-state index contributed by atoms with van der Waals surface area (Å²) in [6, 6.07) is 22.1. The molecule has 0 unspecified atom stereocenters. The van der Waals surface area contributed by atoms with Crippen molar-refractivity contribution in [3.63, 3.8) is 0 Å². The van der Waals surface area contributed by atoms with Gasteiger partial charge in [-0.2, -0.15) is 0 Å². The first kappa shape index (κ1) is 30.2. The van der Waals surface area contributed by atoms with E-state index in [4.69, 9.17) is 24.0 Å². The lowest BCUT2D eigenvalue weighted by atomic mass is 9.93. The van der Waals surface area contributed by atoms with E-state index in [0.29, 0.717) is 29.8 Å². The van der Waals surface area contributed by atoms with Gasteiger partial charge in [0.25, 0.3) is 0 Å². The fraction of sp³-hybridized carbons (Fsp3) is 0.265. The average molecular weight is 652 g/mol. The lowest BCUT2D eigenvalue weighted by molar-refractivity contribution is 0.128. The minimum Gasteiger partial charge on any atom is -0.475 e. The van der Waals surface area contributed by atoms with Crippen LogP contribution in [0.15, 0.2) is 83.5 Å². The highest BCUT2D eigenvalue weighted by Crippen LogP contribution is 2.36. The highest BCUT2D eigenvalue weighted by Gasteiger charge is 2.45. The van der Waals surface area contributed by atoms with Crippen molar-refractivity contribution in [1.29, 1.82) is 0 Å². The van der Waals surface area contributed by atoms with Crippen LogP contribution in [-0.2, 0) is 16.8 Å². The van der Waals surface area contributed by atoms with Gasteiger partial charge in [-0.3, -0.25) is 9.72 Å². The number of benzene rings is 2. The van der Waals surface area contributed by atoms with Crippen LogP contribution in [-0.4, -0.2) is 43.8 Å². The molecule has 0 bridgehead atoms. The Labute approximate surface area is 274 Å². The number of hydrogen-bond acceptors (Lipinski definition) is 9. The summed E-state index contributed by atoms with van der Waals surface area (Å²) in [6.45, 7) is 6.55. The van der Waals surface area contributed by atoms with Crippen molar-refractivity contribution in [3.05, 3.63) is 90.3 Å². The summed E-state index contributed by atoms with van der Waals surface area (Å²) in [7, 11) is 0. The second-order valence-electron chi connectivity index (χ2n) is 12.6. The molecule has 0 saturated heterocycles. The zero-order chi connectivity index (χ0) is 32.6. The van der Waals surface area contributed by atoms with E-state index >= 15 is 0 Å². The van der Waals surface area contributed by atoms with Crippen molar-refractivity contribution in [3.8, 4) is 17.1 Å². The molecule has 3 N–H and O–H groups in total. The number of fused-ring (bicyclic) bond motifs is 3. The van der Waals surface area contributed by atoms with E-state index in [2.05, 4.69) is 21.1 Å². The Balaban J connectivity index is 0.946. The second-order valence-corrected chi connectivity index (χ2v) is 13.5. The summed E-state index contributed by atoms with van der Waals surface area (Å²) in [6.07, 6.45) is 3.14. The van der Waals surface area contributed by atoms with Gasteiger partial charge in [-0.15, -0.1) is 0 Å². The van der Waals surface area contributed by atoms with Crippen LogP contribution in [0.2, 0.25) is 0 Å². The van der Waals surface area contributed by atoms with Crippen molar-refractivity contribution in [2.24, 2.45) is 0 Å². The molecular formula is C34H33N7O5S. The second kappa shape index (κ2) is 12.1. The molecule has 0 spiro atoms. The van der Waals surface area contributed by atoms with Crippen LogP contribution < -0.4 is 20.7 Å². The lowest BCUT2D eigenvalue weighted by Gasteiger charge is -2.17. The van der Waals surface area contributed by atoms with Crippen LogP contribution in [0.25, 0.3) is 26.6 Å². The van der Waals surface area contributed by atoms with Crippen LogP contribution in [0, 0.1) is 0 Å². The fourth-order valence-electron chi connectivity index (χ4n) is 4.92. The predicted molar refractivity (Wildman–Crippen MR) is 179 cm³/mol. The maximum Gasteiger partial charge on any atom is 0.408 e. The topological polar surface area (TPSA) is 145 Å². The van der Waals surface area contributed by atoms with Gasteiger partial charge in [0.15, 0.2) is 10.8 Å². The van der Waals surface area contributed by atoms with Gasteiger partial charge >= 0.3 is 12.1 Å². The molecule has 1 aliphatic rings. The lowest BCUT2D eigenvalue weighted by Crippen LogP contribution is -2.41. The summed E-state index contributed by atoms with van der Waals surface area (Å²) in [4.78, 5) is 35.9. The number of ether oxygens (including phenoxy) is 2. The van der Waals surface area contributed by atoms with Gasteiger partial charge < -0.3 is 24.6 Å². The predicted octanol–water partition coefficient (Wildman–Crippen LogP) is 7.38. The van der Waals surface area contributed by atoms with E-state index in [0.717, 1.165) is 45.0 Å². The summed E-state index contributed by atoms with van der Waals surface area (Å²) >= 11 is 1.46. The highest BCUT2D eigenvalue weighted by atomic mass is 32.1. The average Bonchev–Trinajstić information content (AvgIpc) is 3.33. The smallest absolute Gasteiger partial charge is 0.408 e. The minimum atomic E-state index is -0.456. The zero-order valence-corrected chi connectivity index (χ0v) is 26.9. The van der Waals surface area contributed by atoms with Crippen molar-refractivity contribution in [2.45, 2.75) is 51.2 Å². The number of nitrogens with one attached hydrogen (secondary N) is 3. The van der Waals surface area contributed by atoms with Gasteiger partial charge in [-0.25, -0.2) is 19.6 Å². The Kier molecular flexibility index (Phi) is 7.76. The molecule has 12 nitrogen and oxygen atoms in total. The molecule has 3 amide bonds. The number of hydrogen-bond donors (Lipinski definition) is 3. The Bertz CT molecular complexity index is 2060. The first-order valence-electron chi connectivity index (χ1n) is 15.2. The van der Waals surface area contributed by atoms with Crippen molar-refractivity contribution < 1.29 is 23.6 Å². The van der Waals surface area contributed by atoms with E-state index in [1.165, 1.54) is 11.3 Å². The molecular weight excluding hydrogens is 618 g/mol. The van der Waals surface area contributed by atoms with Crippen LogP contribution in [0.4, 0.5) is 21.1 Å². The third-order valence-electron chi connectivity index (χ3n) is 7.80. The molecule has 4 heterocycles. The van der Waals surface area contributed by atoms with Crippen LogP contribution in [0.5, 0.6) is 5.88 Å². The van der Waals surface area contributed by atoms with Crippen molar-refractivity contribution in [2.75, 3.05) is 17.2 Å². The monoisotopic (exact) mass is 651 g/mol. The molecule has 0 atom stereocenters. The van der Waals surface area contributed by atoms with Gasteiger partial charge in [-0.05, 0) is 36.6 Å². The Hall–Kier alpha value is -5.43. The SMILES string of the molecule is CC(C)(C)c1cc(NC(=O)Nc2ccc(-c3cn4c(n3)sc3nc(OCC5(NC(=O)OCc6ccccc6)CC5)ccc34)cc2)no1. The van der Waals surface area contributed by atoms with Crippen molar-refractivity contribution >= 4 is 50.3 Å². The van der Waals surface area contributed by atoms with Gasteiger partial charge in [0.1, 0.15) is 23.8 Å². The molecule has 0 radical (unpaired) electrons. The number of carbonyl (C=O) groups excluding carboxylic acids is 2. The van der Waals surface area contributed by atoms with Crippen LogP contribution in [0.3, 0.4) is 0 Å². The zero-order valence-electron chi connectivity index (χ0n) is 26.1. The number of imidazole rings is 1. The Morgan fingerprint density at radius 1 is 1.00 bits per heavy atom. The number of alkyl carbamates (subject to hydrolysis) is 1. The molecule has 1 saturated carbocycles. The fourth-order valence-corrected chi connectivity index (χ4v) is 5.90. The third-order valence-corrected chi connectivity index (χ3v) is 8.76. The molecule has 47 heavy (non-hydrogen) atoms. The van der Waals surface area contributed by atoms with E-state index in [1.54, 1.807) is 6.07 Å². The van der Waals surface area contributed by atoms with Gasteiger partial charge in [0.05, 0.1) is 16.7 Å². The molecule has 2 aromatic carbocycles. The normalized spacial score (nSPS) is 13.8. The molecule has 0 aliphatic heterocycles. The Morgan fingerprint density at radius 3 is 2.51 bits per heavy atom. The number of aromatic nitrogens is 4. The summed E-state index contributed by atoms with van der Waals surface area (Å²) in [5.41, 5.74) is 3.53. The first-order valence-corrected chi connectivity index (χ1v) is 16.0. The molecule has 7 rings (SSSR count). The van der Waals surface area contributed by atoms with E-state index in [-0.39, 0.29) is 12.0 Å².